The summed E-state index contributed by atoms with van der Waals surface area (Å²) in [5, 5.41) is 11.0. The summed E-state index contributed by atoms with van der Waals surface area (Å²) >= 11 is 3.11. The molecule has 4 heteroatoms. The van der Waals surface area contributed by atoms with Gasteiger partial charge >= 0.3 is 82.6 Å². The molecule has 0 fully saturated rings. The van der Waals surface area contributed by atoms with E-state index in [0.717, 1.165) is 23.7 Å². The summed E-state index contributed by atoms with van der Waals surface area (Å²) in [6.45, 7) is 26.6. The number of benzene rings is 4. The number of hydrogen-bond acceptors (Lipinski definition) is 0. The van der Waals surface area contributed by atoms with Crippen molar-refractivity contribution < 1.29 is 73.3 Å². The molecular weight excluding hydrogens is 950 g/mol. The average molecular weight is 1020 g/mol. The minimum Gasteiger partial charge on any atom is -1.00 e. The molecule has 8 rings (SSSR count). The fraction of sp³-hybridized carbons (Fsp3) is 0.345. The van der Waals surface area contributed by atoms with E-state index >= 15 is 0 Å². The van der Waals surface area contributed by atoms with Gasteiger partial charge in [0.2, 0.25) is 0 Å². The zero-order chi connectivity index (χ0) is 44.2. The van der Waals surface area contributed by atoms with Gasteiger partial charge in [-0.3, -0.25) is 0 Å². The second-order valence-corrected chi connectivity index (χ2v) is 23.3. The topological polar surface area (TPSA) is 0 Å². The Balaban J connectivity index is 0.000000386. The summed E-state index contributed by atoms with van der Waals surface area (Å²) in [5.41, 5.74) is 5.87. The Labute approximate surface area is 419 Å². The van der Waals surface area contributed by atoms with Gasteiger partial charge in [-0.1, -0.05) is 79.7 Å². The van der Waals surface area contributed by atoms with Gasteiger partial charge in [-0.25, -0.2) is 0 Å². The first kappa shape index (κ1) is 57.4. The van der Waals surface area contributed by atoms with E-state index < -0.39 is 0 Å². The molecule has 0 saturated carbocycles. The molecule has 8 aromatic rings. The number of fused-ring (bicyclic) bond motifs is 4. The molecule has 0 nitrogen and oxygen atoms in total. The maximum absolute atomic E-state index is 2.30. The van der Waals surface area contributed by atoms with Crippen LogP contribution in [-0.2, 0) is 74.2 Å². The first-order valence-electron chi connectivity index (χ1n) is 22.1. The molecule has 0 aliphatic carbocycles. The first-order chi connectivity index (χ1) is 28.5. The molecule has 0 unspecified atom stereocenters. The summed E-state index contributed by atoms with van der Waals surface area (Å²) in [5.74, 6) is 2.99. The SMILES string of the molecule is CC(C)Cc1cc2ccccc2[cH-]1.CC(C)Cc1cc2ccccc2[cH-]1.CC(C)Cc1cc2ccccc2[cH-]1.CC(C)Cc1cc2ccccc2[cH-]1.C[C](C)=[Zr+2].C[C](C)=[Zr+2].[Cl-].[Cl-]. The van der Waals surface area contributed by atoms with Gasteiger partial charge in [0.05, 0.1) is 0 Å². The quantitative estimate of drug-likeness (QED) is 0.133. The Kier molecular flexibility index (Phi) is 28.3. The zero-order valence-corrected chi connectivity index (χ0v) is 46.2. The predicted octanol–water partition coefficient (Wildman–Crippen LogP) is 10.5. The van der Waals surface area contributed by atoms with Crippen molar-refractivity contribution in [3.63, 3.8) is 0 Å². The summed E-state index contributed by atoms with van der Waals surface area (Å²) < 4.78 is 3.01. The van der Waals surface area contributed by atoms with Crippen LogP contribution < -0.4 is 24.8 Å². The van der Waals surface area contributed by atoms with Crippen LogP contribution in [0, 0.1) is 23.7 Å². The van der Waals surface area contributed by atoms with Gasteiger partial charge in [0.15, 0.2) is 0 Å². The maximum atomic E-state index is 2.30. The van der Waals surface area contributed by atoms with Crippen LogP contribution in [0.15, 0.2) is 146 Å². The molecule has 0 N–H and O–H groups in total. The van der Waals surface area contributed by atoms with Gasteiger partial charge in [-0.15, -0.1) is 162 Å². The molecule has 0 bridgehead atoms. The Bertz CT molecular complexity index is 1970. The van der Waals surface area contributed by atoms with Gasteiger partial charge in [0.25, 0.3) is 0 Å². The Morgan fingerprint density at radius 2 is 0.516 bits per heavy atom. The minimum absolute atomic E-state index is 0. The second kappa shape index (κ2) is 30.5. The van der Waals surface area contributed by atoms with Crippen molar-refractivity contribution in [2.24, 2.45) is 23.7 Å². The smallest absolute Gasteiger partial charge is 1.00 e. The molecule has 0 spiro atoms. The van der Waals surface area contributed by atoms with Crippen LogP contribution in [0.5, 0.6) is 0 Å². The van der Waals surface area contributed by atoms with Crippen molar-refractivity contribution >= 4 is 49.5 Å². The summed E-state index contributed by atoms with van der Waals surface area (Å²) in [6.07, 6.45) is 4.76. The van der Waals surface area contributed by atoms with E-state index in [1.54, 1.807) is 48.5 Å². The van der Waals surface area contributed by atoms with Crippen LogP contribution in [-0.4, -0.2) is 6.41 Å². The molecule has 62 heavy (non-hydrogen) atoms. The summed E-state index contributed by atoms with van der Waals surface area (Å²) in [6, 6.07) is 52.6. The van der Waals surface area contributed by atoms with Crippen LogP contribution in [0.1, 0.15) is 105 Å². The van der Waals surface area contributed by atoms with Crippen LogP contribution in [0.3, 0.4) is 0 Å². The summed E-state index contributed by atoms with van der Waals surface area (Å²) in [7, 11) is 0. The third-order valence-corrected chi connectivity index (χ3v) is 9.29. The van der Waals surface area contributed by atoms with Gasteiger partial charge in [0.1, 0.15) is 0 Å². The molecular formula is C58H72Cl2Zr2-2. The molecule has 0 aliphatic rings. The van der Waals surface area contributed by atoms with Crippen LogP contribution >= 0.6 is 0 Å². The molecule has 0 amide bonds. The van der Waals surface area contributed by atoms with Crippen molar-refractivity contribution in [1.29, 1.82) is 0 Å². The zero-order valence-electron chi connectivity index (χ0n) is 39.8. The largest absolute Gasteiger partial charge is 1.00 e. The monoisotopic (exact) mass is 1020 g/mol. The third kappa shape index (κ3) is 22.8. The number of halogens is 2. The van der Waals surface area contributed by atoms with E-state index in [9.17, 15) is 0 Å². The van der Waals surface area contributed by atoms with E-state index in [2.05, 4.69) is 229 Å². The molecule has 8 aromatic carbocycles. The van der Waals surface area contributed by atoms with Gasteiger partial charge in [-0.05, 0) is 49.4 Å². The molecule has 0 atom stereocenters. The van der Waals surface area contributed by atoms with Gasteiger partial charge in [0, 0.05) is 0 Å². The van der Waals surface area contributed by atoms with Crippen LogP contribution in [0.4, 0.5) is 0 Å². The Morgan fingerprint density at radius 3 is 0.661 bits per heavy atom. The average Bonchev–Trinajstić information content (AvgIpc) is 3.94. The second-order valence-electron chi connectivity index (χ2n) is 18.4. The van der Waals surface area contributed by atoms with Gasteiger partial charge < -0.3 is 24.8 Å². The Morgan fingerprint density at radius 1 is 0.355 bits per heavy atom. The normalized spacial score (nSPS) is 10.4. The van der Waals surface area contributed by atoms with E-state index in [4.69, 9.17) is 0 Å². The molecule has 0 aromatic heterocycles. The fourth-order valence-corrected chi connectivity index (χ4v) is 7.22. The molecule has 0 radical (unpaired) electrons. The van der Waals surface area contributed by atoms with Crippen molar-refractivity contribution in [1.82, 2.24) is 0 Å². The minimum atomic E-state index is 0. The van der Waals surface area contributed by atoms with E-state index in [0.29, 0.717) is 0 Å². The van der Waals surface area contributed by atoms with Crippen molar-refractivity contribution in [3.8, 4) is 0 Å². The maximum Gasteiger partial charge on any atom is -1.00 e. The Hall–Kier alpha value is -2.59. The predicted molar refractivity (Wildman–Crippen MR) is 265 cm³/mol. The standard InChI is InChI=1S/4C13H15.2C3H6.2ClH.2Zr/c4*1-10(2)7-11-8-12-5-3-4-6-13(12)9-11;2*1-3-2;;;;/h4*3-6,8-10H,7H2,1-2H3;2*1-2H3;2*1H;;/q4*-1;;;;;2*+2/p-2. The fourth-order valence-electron chi connectivity index (χ4n) is 7.22. The first-order valence-corrected chi connectivity index (χ1v) is 24.6. The number of hydrogen-bond donors (Lipinski definition) is 0. The molecule has 0 heterocycles. The van der Waals surface area contributed by atoms with Gasteiger partial charge in [-0.2, -0.15) is 24.3 Å². The third-order valence-electron chi connectivity index (χ3n) is 9.29. The summed E-state index contributed by atoms with van der Waals surface area (Å²) in [4.78, 5) is 0. The molecule has 328 valence electrons. The molecule has 0 saturated heterocycles. The van der Waals surface area contributed by atoms with E-state index in [1.807, 2.05) is 0 Å². The van der Waals surface area contributed by atoms with Crippen molar-refractivity contribution in [3.05, 3.63) is 168 Å². The van der Waals surface area contributed by atoms with Crippen molar-refractivity contribution in [2.45, 2.75) is 109 Å². The van der Waals surface area contributed by atoms with Crippen molar-refractivity contribution in [2.75, 3.05) is 0 Å². The number of rotatable bonds is 8. The van der Waals surface area contributed by atoms with E-state index in [-0.39, 0.29) is 24.8 Å². The van der Waals surface area contributed by atoms with Crippen LogP contribution in [0.2, 0.25) is 0 Å². The molecule has 0 aliphatic heterocycles. The van der Waals surface area contributed by atoms with E-state index in [1.165, 1.54) is 97.4 Å². The van der Waals surface area contributed by atoms with Crippen LogP contribution in [0.25, 0.3) is 43.1 Å².